The van der Waals surface area contributed by atoms with E-state index in [9.17, 15) is 8.42 Å². The lowest BCUT2D eigenvalue weighted by Gasteiger charge is -2.11. The van der Waals surface area contributed by atoms with Crippen molar-refractivity contribution in [3.8, 4) is 5.88 Å². The molecule has 0 saturated heterocycles. The second kappa shape index (κ2) is 8.45. The van der Waals surface area contributed by atoms with Crippen molar-refractivity contribution in [2.75, 3.05) is 16.6 Å². The summed E-state index contributed by atoms with van der Waals surface area (Å²) in [6.45, 7) is 4.17. The maximum Gasteiger partial charge on any atom is 0.261 e. The van der Waals surface area contributed by atoms with Gasteiger partial charge in [0.05, 0.1) is 11.5 Å². The Hall–Kier alpha value is -2.84. The normalized spacial score (nSPS) is 11.1. The van der Waals surface area contributed by atoms with Gasteiger partial charge in [0.1, 0.15) is 11.6 Å². The number of aryl methyl sites for hydroxylation is 1. The van der Waals surface area contributed by atoms with Gasteiger partial charge in [-0.3, -0.25) is 4.72 Å². The monoisotopic (exact) mass is 418 g/mol. The van der Waals surface area contributed by atoms with E-state index in [1.54, 1.807) is 49.4 Å². The number of hydrogen-bond donors (Lipinski definition) is 2. The van der Waals surface area contributed by atoms with Gasteiger partial charge < -0.3 is 10.1 Å². The minimum Gasteiger partial charge on any atom is -0.478 e. The standard InChI is InChI=1S/C19H19ClN4O3S/c1-3-27-19-12-18(21-13(2)22-19)23-15-7-9-16(10-8-15)24-28(25,26)17-6-4-5-14(20)11-17/h4-12,24H,3H2,1-2H3,(H,21,22,23). The van der Waals surface area contributed by atoms with E-state index in [0.717, 1.165) is 5.69 Å². The van der Waals surface area contributed by atoms with Crippen molar-refractivity contribution in [2.45, 2.75) is 18.7 Å². The van der Waals surface area contributed by atoms with Crippen molar-refractivity contribution in [2.24, 2.45) is 0 Å². The second-order valence-electron chi connectivity index (χ2n) is 5.84. The van der Waals surface area contributed by atoms with Crippen LogP contribution < -0.4 is 14.8 Å². The van der Waals surface area contributed by atoms with Crippen LogP contribution >= 0.6 is 11.6 Å². The predicted octanol–water partition coefficient (Wildman–Crippen LogP) is 4.38. The number of nitrogens with zero attached hydrogens (tertiary/aromatic N) is 2. The highest BCUT2D eigenvalue weighted by Crippen LogP contribution is 2.23. The van der Waals surface area contributed by atoms with E-state index in [4.69, 9.17) is 16.3 Å². The lowest BCUT2D eigenvalue weighted by atomic mass is 10.3. The van der Waals surface area contributed by atoms with Crippen LogP contribution in [0.2, 0.25) is 5.02 Å². The van der Waals surface area contributed by atoms with Crippen molar-refractivity contribution in [1.29, 1.82) is 0 Å². The van der Waals surface area contributed by atoms with Gasteiger partial charge in [0.2, 0.25) is 5.88 Å². The van der Waals surface area contributed by atoms with E-state index in [0.29, 0.717) is 34.8 Å². The highest BCUT2D eigenvalue weighted by atomic mass is 35.5. The molecule has 0 atom stereocenters. The quantitative estimate of drug-likeness (QED) is 0.591. The van der Waals surface area contributed by atoms with Crippen LogP contribution in [0, 0.1) is 6.92 Å². The van der Waals surface area contributed by atoms with Crippen LogP contribution in [0.25, 0.3) is 0 Å². The summed E-state index contributed by atoms with van der Waals surface area (Å²) in [5.74, 6) is 1.66. The molecule has 1 heterocycles. The van der Waals surface area contributed by atoms with E-state index in [1.165, 1.54) is 12.1 Å². The maximum absolute atomic E-state index is 12.5. The first kappa shape index (κ1) is 19.9. The summed E-state index contributed by atoms with van der Waals surface area (Å²) in [6.07, 6.45) is 0. The Morgan fingerprint density at radius 2 is 1.75 bits per heavy atom. The molecule has 28 heavy (non-hydrogen) atoms. The van der Waals surface area contributed by atoms with Gasteiger partial charge in [-0.05, 0) is 56.3 Å². The summed E-state index contributed by atoms with van der Waals surface area (Å²) in [7, 11) is -3.72. The third-order valence-corrected chi connectivity index (χ3v) is 5.24. The molecule has 2 aromatic carbocycles. The fourth-order valence-corrected chi connectivity index (χ4v) is 3.80. The molecule has 0 radical (unpaired) electrons. The Morgan fingerprint density at radius 1 is 1.04 bits per heavy atom. The minimum absolute atomic E-state index is 0.0992. The van der Waals surface area contributed by atoms with Gasteiger partial charge in [0, 0.05) is 22.5 Å². The molecule has 1 aromatic heterocycles. The molecule has 0 aliphatic carbocycles. The number of rotatable bonds is 7. The average molecular weight is 419 g/mol. The van der Waals surface area contributed by atoms with Crippen LogP contribution in [0.3, 0.4) is 0 Å². The van der Waals surface area contributed by atoms with Crippen LogP contribution in [0.4, 0.5) is 17.2 Å². The van der Waals surface area contributed by atoms with Gasteiger partial charge in [-0.15, -0.1) is 0 Å². The number of hydrogen-bond acceptors (Lipinski definition) is 6. The number of aromatic nitrogens is 2. The highest BCUT2D eigenvalue weighted by Gasteiger charge is 2.14. The Kier molecular flexibility index (Phi) is 6.01. The van der Waals surface area contributed by atoms with Crippen molar-refractivity contribution in [3.05, 3.63) is 65.4 Å². The first-order valence-electron chi connectivity index (χ1n) is 8.49. The minimum atomic E-state index is -3.72. The summed E-state index contributed by atoms with van der Waals surface area (Å²) < 4.78 is 32.8. The zero-order chi connectivity index (χ0) is 20.1. The van der Waals surface area contributed by atoms with Gasteiger partial charge in [-0.2, -0.15) is 4.98 Å². The maximum atomic E-state index is 12.5. The third kappa shape index (κ3) is 5.11. The zero-order valence-electron chi connectivity index (χ0n) is 15.3. The summed E-state index contributed by atoms with van der Waals surface area (Å²) in [4.78, 5) is 8.61. The molecule has 7 nitrogen and oxygen atoms in total. The molecule has 0 fully saturated rings. The number of ether oxygens (including phenoxy) is 1. The van der Waals surface area contributed by atoms with Crippen LogP contribution in [0.15, 0.2) is 59.5 Å². The molecule has 0 bridgehead atoms. The molecule has 146 valence electrons. The van der Waals surface area contributed by atoms with E-state index in [1.807, 2.05) is 6.92 Å². The van der Waals surface area contributed by atoms with E-state index < -0.39 is 10.0 Å². The predicted molar refractivity (Wildman–Crippen MR) is 110 cm³/mol. The first-order chi connectivity index (χ1) is 13.4. The molecule has 2 N–H and O–H groups in total. The summed E-state index contributed by atoms with van der Waals surface area (Å²) in [6, 6.07) is 14.6. The third-order valence-electron chi connectivity index (χ3n) is 3.62. The molecule has 3 aromatic rings. The zero-order valence-corrected chi connectivity index (χ0v) is 16.9. The molecule has 0 amide bonds. The molecule has 0 saturated carbocycles. The lowest BCUT2D eigenvalue weighted by Crippen LogP contribution is -2.12. The Labute approximate surface area is 168 Å². The summed E-state index contributed by atoms with van der Waals surface area (Å²) in [5, 5.41) is 3.50. The Bertz CT molecular complexity index is 1070. The van der Waals surface area contributed by atoms with E-state index in [-0.39, 0.29) is 4.90 Å². The lowest BCUT2D eigenvalue weighted by molar-refractivity contribution is 0.325. The number of nitrogens with one attached hydrogen (secondary N) is 2. The fourth-order valence-electron chi connectivity index (χ4n) is 2.44. The van der Waals surface area contributed by atoms with Crippen LogP contribution in [0.5, 0.6) is 5.88 Å². The molecular weight excluding hydrogens is 400 g/mol. The summed E-state index contributed by atoms with van der Waals surface area (Å²) >= 11 is 5.87. The molecule has 0 unspecified atom stereocenters. The largest absolute Gasteiger partial charge is 0.478 e. The van der Waals surface area contributed by atoms with Crippen LogP contribution in [-0.2, 0) is 10.0 Å². The van der Waals surface area contributed by atoms with Crippen LogP contribution in [-0.4, -0.2) is 25.0 Å². The summed E-state index contributed by atoms with van der Waals surface area (Å²) in [5.41, 5.74) is 1.17. The van der Waals surface area contributed by atoms with Crippen molar-refractivity contribution in [3.63, 3.8) is 0 Å². The van der Waals surface area contributed by atoms with E-state index >= 15 is 0 Å². The van der Waals surface area contributed by atoms with Gasteiger partial charge >= 0.3 is 0 Å². The SMILES string of the molecule is CCOc1cc(Nc2ccc(NS(=O)(=O)c3cccc(Cl)c3)cc2)nc(C)n1. The molecule has 3 rings (SSSR count). The Balaban J connectivity index is 1.73. The van der Waals surface area contributed by atoms with Gasteiger partial charge in [-0.25, -0.2) is 13.4 Å². The van der Waals surface area contributed by atoms with Gasteiger partial charge in [-0.1, -0.05) is 17.7 Å². The Morgan fingerprint density at radius 3 is 2.43 bits per heavy atom. The van der Waals surface area contributed by atoms with Gasteiger partial charge in [0.25, 0.3) is 10.0 Å². The van der Waals surface area contributed by atoms with Gasteiger partial charge in [0.15, 0.2) is 0 Å². The smallest absolute Gasteiger partial charge is 0.261 e. The molecular formula is C19H19ClN4O3S. The molecule has 9 heteroatoms. The van der Waals surface area contributed by atoms with E-state index in [2.05, 4.69) is 20.0 Å². The molecule has 0 aliphatic heterocycles. The highest BCUT2D eigenvalue weighted by molar-refractivity contribution is 7.92. The number of sulfonamides is 1. The first-order valence-corrected chi connectivity index (χ1v) is 10.4. The topological polar surface area (TPSA) is 93.2 Å². The van der Waals surface area contributed by atoms with Crippen molar-refractivity contribution < 1.29 is 13.2 Å². The second-order valence-corrected chi connectivity index (χ2v) is 7.96. The number of anilines is 3. The van der Waals surface area contributed by atoms with Crippen LogP contribution in [0.1, 0.15) is 12.7 Å². The molecule has 0 aliphatic rings. The number of halogens is 1. The van der Waals surface area contributed by atoms with Crippen molar-refractivity contribution in [1.82, 2.24) is 9.97 Å². The van der Waals surface area contributed by atoms with Crippen molar-refractivity contribution >= 4 is 38.8 Å². The number of benzene rings is 2. The molecule has 0 spiro atoms. The average Bonchev–Trinajstić information content (AvgIpc) is 2.63. The fraction of sp³-hybridized carbons (Fsp3) is 0.158.